The Bertz CT molecular complexity index is 2400. The topological polar surface area (TPSA) is 199 Å². The van der Waals surface area contributed by atoms with Crippen LogP contribution in [-0.2, 0) is 43.4 Å². The van der Waals surface area contributed by atoms with Crippen LogP contribution in [0.25, 0.3) is 5.57 Å². The van der Waals surface area contributed by atoms with E-state index in [2.05, 4.69) is 0 Å². The zero-order valence-corrected chi connectivity index (χ0v) is 30.7. The Kier molecular flexibility index (Phi) is 12.5. The first kappa shape index (κ1) is 40.0. The number of nitrogens with zero attached hydrogens (tertiary/aromatic N) is 2. The van der Waals surface area contributed by atoms with Crippen LogP contribution in [0.5, 0.6) is 0 Å². The highest BCUT2D eigenvalue weighted by Gasteiger charge is 2.22. The molecule has 1 aliphatic carbocycles. The molecule has 0 amide bonds. The molecule has 0 spiro atoms. The van der Waals surface area contributed by atoms with Crippen LogP contribution in [0.2, 0.25) is 0 Å². The smallest absolute Gasteiger partial charge is 0.295 e. The van der Waals surface area contributed by atoms with Crippen molar-refractivity contribution in [1.29, 1.82) is 0 Å². The van der Waals surface area contributed by atoms with E-state index in [-0.39, 0.29) is 20.2 Å². The third-order valence-electron chi connectivity index (χ3n) is 8.38. The van der Waals surface area contributed by atoms with E-state index in [0.717, 1.165) is 11.4 Å². The molecule has 15 heteroatoms. The first-order chi connectivity index (χ1) is 24.1. The largest absolute Gasteiger partial charge is 0.870 e. The Morgan fingerprint density at radius 2 is 1.21 bits per heavy atom. The lowest BCUT2D eigenvalue weighted by atomic mass is 9.90. The Balaban J connectivity index is 0.00000605. The number of benzene rings is 4. The second kappa shape index (κ2) is 16.3. The van der Waals surface area contributed by atoms with Crippen LogP contribution in [0.1, 0.15) is 36.1 Å². The molecule has 12 nitrogen and oxygen atoms in total. The fourth-order valence-electron chi connectivity index (χ4n) is 5.87. The van der Waals surface area contributed by atoms with Crippen molar-refractivity contribution in [2.24, 2.45) is 0 Å². The number of anilines is 1. The first-order valence-corrected chi connectivity index (χ1v) is 20.2. The highest BCUT2D eigenvalue weighted by Crippen LogP contribution is 2.35. The molecule has 0 radical (unpaired) electrons. The van der Waals surface area contributed by atoms with E-state index in [1.54, 1.807) is 36.4 Å². The Labute approximate surface area is 304 Å². The lowest BCUT2D eigenvalue weighted by molar-refractivity contribution is -0.539. The molecule has 0 saturated heterocycles. The minimum Gasteiger partial charge on any atom is -0.870 e. The van der Waals surface area contributed by atoms with E-state index in [1.165, 1.54) is 36.4 Å². The number of rotatable bonds is 12. The summed E-state index contributed by atoms with van der Waals surface area (Å²) in [7, 11) is -13.3. The number of allylic oxidation sites excluding steroid dienone is 5. The van der Waals surface area contributed by atoms with Crippen LogP contribution in [-0.4, -0.2) is 67.8 Å². The summed E-state index contributed by atoms with van der Waals surface area (Å²) in [5.41, 5.74) is 5.16. The fourth-order valence-corrected chi connectivity index (χ4v) is 7.67. The maximum Gasteiger partial charge on any atom is 0.295 e. The van der Waals surface area contributed by atoms with E-state index in [4.69, 9.17) is 0 Å². The molecule has 0 fully saturated rings. The van der Waals surface area contributed by atoms with Gasteiger partial charge in [-0.15, -0.1) is 0 Å². The van der Waals surface area contributed by atoms with Gasteiger partial charge in [0, 0.05) is 42.1 Å². The van der Waals surface area contributed by atoms with Gasteiger partial charge in [0.05, 0.1) is 9.79 Å². The molecule has 52 heavy (non-hydrogen) atoms. The fraction of sp³-hybridized carbons (Fsp3) is 0.162. The second-order valence-electron chi connectivity index (χ2n) is 11.7. The van der Waals surface area contributed by atoms with Crippen LogP contribution in [0.4, 0.5) is 5.69 Å². The second-order valence-corrected chi connectivity index (χ2v) is 15.9. The van der Waals surface area contributed by atoms with Gasteiger partial charge in [-0.05, 0) is 90.7 Å². The lowest BCUT2D eigenvalue weighted by Gasteiger charge is -2.24. The van der Waals surface area contributed by atoms with Gasteiger partial charge in [0.25, 0.3) is 30.4 Å². The van der Waals surface area contributed by atoms with Crippen LogP contribution in [0.3, 0.4) is 0 Å². The predicted molar refractivity (Wildman–Crippen MR) is 198 cm³/mol. The molecule has 4 aromatic rings. The third-order valence-corrected chi connectivity index (χ3v) is 11.0. The summed E-state index contributed by atoms with van der Waals surface area (Å²) in [6, 6.07) is 25.8. The highest BCUT2D eigenvalue weighted by molar-refractivity contribution is 7.86. The van der Waals surface area contributed by atoms with E-state index in [0.29, 0.717) is 59.6 Å². The van der Waals surface area contributed by atoms with Crippen molar-refractivity contribution in [2.45, 2.75) is 41.6 Å². The van der Waals surface area contributed by atoms with Crippen LogP contribution in [0.15, 0.2) is 142 Å². The van der Waals surface area contributed by atoms with Crippen molar-refractivity contribution in [3.8, 4) is 0 Å². The van der Waals surface area contributed by atoms with Crippen molar-refractivity contribution >= 4 is 47.3 Å². The van der Waals surface area contributed by atoms with E-state index in [1.807, 2.05) is 71.9 Å². The van der Waals surface area contributed by atoms with Gasteiger partial charge >= 0.3 is 0 Å². The highest BCUT2D eigenvalue weighted by atomic mass is 32.2. The normalized spacial score (nSPS) is 13.1. The quantitative estimate of drug-likeness (QED) is 0.115. The first-order valence-electron chi connectivity index (χ1n) is 15.9. The van der Waals surface area contributed by atoms with Gasteiger partial charge in [0.1, 0.15) is 11.4 Å². The van der Waals surface area contributed by atoms with Gasteiger partial charge in [-0.1, -0.05) is 54.6 Å². The molecule has 0 bridgehead atoms. The lowest BCUT2D eigenvalue weighted by Crippen LogP contribution is -2.22. The SMILES string of the molecule is CCN(Cc1cccc(S(=O)(=O)O)c1)c1ccc(C(=C2C=CC(=[N+](CC)Cc3cccc(S(=O)(=O)O)c3)C=C2)c2ccccc2S(=O)(=O)O)cc1.[OH-]. The molecule has 0 aliphatic heterocycles. The number of hydrogen-bond donors (Lipinski definition) is 3. The van der Waals surface area contributed by atoms with Crippen LogP contribution in [0, 0.1) is 0 Å². The molecule has 0 saturated carbocycles. The molecular weight excluding hydrogens is 729 g/mol. The molecule has 4 aromatic carbocycles. The van der Waals surface area contributed by atoms with Crippen molar-refractivity contribution in [1.82, 2.24) is 0 Å². The summed E-state index contributed by atoms with van der Waals surface area (Å²) in [4.78, 5) is 1.37. The summed E-state index contributed by atoms with van der Waals surface area (Å²) < 4.78 is 103. The van der Waals surface area contributed by atoms with E-state index >= 15 is 0 Å². The maximum atomic E-state index is 12.5. The Morgan fingerprint density at radius 3 is 1.75 bits per heavy atom. The molecule has 0 heterocycles. The van der Waals surface area contributed by atoms with Gasteiger partial charge in [0.2, 0.25) is 0 Å². The maximum absolute atomic E-state index is 12.5. The molecule has 5 rings (SSSR count). The van der Waals surface area contributed by atoms with Crippen molar-refractivity contribution < 1.29 is 49.0 Å². The molecular formula is C37H38N2O10S3. The van der Waals surface area contributed by atoms with Crippen molar-refractivity contribution in [3.63, 3.8) is 0 Å². The van der Waals surface area contributed by atoms with Crippen LogP contribution >= 0.6 is 0 Å². The van der Waals surface area contributed by atoms with Gasteiger partial charge in [-0.3, -0.25) is 13.7 Å². The zero-order valence-electron chi connectivity index (χ0n) is 28.2. The Morgan fingerprint density at radius 1 is 0.654 bits per heavy atom. The van der Waals surface area contributed by atoms with Crippen LogP contribution < -0.4 is 4.90 Å². The molecule has 1 aliphatic rings. The minimum absolute atomic E-state index is 0. The molecule has 274 valence electrons. The summed E-state index contributed by atoms with van der Waals surface area (Å²) in [5, 5.41) is 0. The monoisotopic (exact) mass is 766 g/mol. The van der Waals surface area contributed by atoms with E-state index in [9.17, 15) is 38.9 Å². The molecule has 0 atom stereocenters. The predicted octanol–water partition coefficient (Wildman–Crippen LogP) is 5.88. The Hall–Kier alpha value is -4.74. The number of hydrogen-bond acceptors (Lipinski definition) is 8. The van der Waals surface area contributed by atoms with Gasteiger partial charge in [0.15, 0.2) is 12.3 Å². The van der Waals surface area contributed by atoms with Crippen molar-refractivity contribution in [2.75, 3.05) is 18.0 Å². The molecule has 0 unspecified atom stereocenters. The van der Waals surface area contributed by atoms with E-state index < -0.39 is 30.4 Å². The summed E-state index contributed by atoms with van der Waals surface area (Å²) in [6.45, 7) is 5.77. The summed E-state index contributed by atoms with van der Waals surface area (Å²) in [5.74, 6) is 0. The van der Waals surface area contributed by atoms with Gasteiger partial charge in [-0.25, -0.2) is 4.58 Å². The molecule has 4 N–H and O–H groups in total. The zero-order chi connectivity index (χ0) is 37.0. The average molecular weight is 767 g/mol. The standard InChI is InChI=1S/C37H36N2O9S3.H2O/c1-3-38(25-27-9-7-11-33(23-27)49(40,41)42)31-19-15-29(16-20-31)37(35-13-5-6-14-36(35)51(46,47)48)30-17-21-32(22-18-30)39(4-2)26-28-10-8-12-34(24-28)50(43,44)45;/h5-24H,3-4,25-26H2,1-2H3,(H2-,40,41,42,43,44,45,46,47,48);1H2. The average Bonchev–Trinajstić information content (AvgIpc) is 3.10. The minimum atomic E-state index is -4.60. The molecule has 0 aromatic heterocycles. The van der Waals surface area contributed by atoms with Crippen molar-refractivity contribution in [3.05, 3.63) is 149 Å². The third kappa shape index (κ3) is 9.57. The van der Waals surface area contributed by atoms with Gasteiger partial charge in [-0.2, -0.15) is 25.3 Å². The van der Waals surface area contributed by atoms with Gasteiger partial charge < -0.3 is 10.4 Å². The summed E-state index contributed by atoms with van der Waals surface area (Å²) in [6.07, 6.45) is 7.43. The summed E-state index contributed by atoms with van der Waals surface area (Å²) >= 11 is 0.